The van der Waals surface area contributed by atoms with Gasteiger partial charge in [-0.2, -0.15) is 0 Å². The first-order valence-corrected chi connectivity index (χ1v) is 10.3. The van der Waals surface area contributed by atoms with Crippen LogP contribution in [0.1, 0.15) is 17.0 Å². The van der Waals surface area contributed by atoms with Crippen LogP contribution < -0.4 is 20.1 Å². The molecule has 4 aromatic rings. The number of methoxy groups -OCH3 is 2. The molecule has 7 nitrogen and oxygen atoms in total. The van der Waals surface area contributed by atoms with Crippen LogP contribution in [0.15, 0.2) is 73.2 Å². The van der Waals surface area contributed by atoms with Crippen molar-refractivity contribution in [2.45, 2.75) is 5.92 Å². The van der Waals surface area contributed by atoms with Crippen molar-refractivity contribution in [2.75, 3.05) is 26.1 Å². The molecule has 32 heavy (non-hydrogen) atoms. The maximum absolute atomic E-state index is 12.8. The Morgan fingerprint density at radius 2 is 1.94 bits per heavy atom. The number of hydrogen-bond acceptors (Lipinski definition) is 4. The molecule has 4 rings (SSSR count). The van der Waals surface area contributed by atoms with Gasteiger partial charge in [0.1, 0.15) is 11.5 Å². The Balaban J connectivity index is 1.59. The Hall–Kier alpha value is -4.00. The molecule has 1 atom stereocenters. The van der Waals surface area contributed by atoms with Crippen LogP contribution in [0.25, 0.3) is 10.9 Å². The number of aryl methyl sites for hydroxylation is 1. The van der Waals surface area contributed by atoms with Crippen molar-refractivity contribution in [3.63, 3.8) is 0 Å². The zero-order valence-corrected chi connectivity index (χ0v) is 18.3. The third kappa shape index (κ3) is 4.37. The first-order valence-electron chi connectivity index (χ1n) is 10.3. The highest BCUT2D eigenvalue weighted by atomic mass is 16.5. The SMILES string of the molecule is COc1ccc(OC)c(NC(=O)NC[C@H](c2cccnc2)c2cn(C)c3ccccc23)c1. The van der Waals surface area contributed by atoms with E-state index in [1.54, 1.807) is 38.6 Å². The van der Waals surface area contributed by atoms with E-state index in [2.05, 4.69) is 38.5 Å². The summed E-state index contributed by atoms with van der Waals surface area (Å²) in [5, 5.41) is 7.02. The third-order valence-corrected chi connectivity index (χ3v) is 5.51. The Bertz CT molecular complexity index is 1220. The molecule has 2 N–H and O–H groups in total. The molecule has 2 aromatic heterocycles. The van der Waals surface area contributed by atoms with Crippen LogP contribution in [-0.4, -0.2) is 36.3 Å². The van der Waals surface area contributed by atoms with Crippen molar-refractivity contribution in [3.8, 4) is 11.5 Å². The standard InChI is InChI=1S/C25H26N4O3/c1-29-16-21(19-8-4-5-9-23(19)29)20(17-7-6-12-26-14-17)15-27-25(30)28-22-13-18(31-2)10-11-24(22)32-3/h4-14,16,20H,15H2,1-3H3,(H2,27,28,30)/t20-/m1/s1. The molecule has 0 aliphatic carbocycles. The van der Waals surface area contributed by atoms with Crippen LogP contribution in [0.2, 0.25) is 0 Å². The lowest BCUT2D eigenvalue weighted by atomic mass is 9.92. The summed E-state index contributed by atoms with van der Waals surface area (Å²) in [5.74, 6) is 1.12. The molecule has 0 aliphatic rings. The van der Waals surface area contributed by atoms with Gasteiger partial charge in [0.05, 0.1) is 19.9 Å². The van der Waals surface area contributed by atoms with Crippen LogP contribution >= 0.6 is 0 Å². The normalized spacial score (nSPS) is 11.7. The minimum Gasteiger partial charge on any atom is -0.497 e. The molecule has 164 valence electrons. The first kappa shape index (κ1) is 21.2. The number of nitrogens with zero attached hydrogens (tertiary/aromatic N) is 2. The van der Waals surface area contributed by atoms with E-state index in [4.69, 9.17) is 9.47 Å². The number of fused-ring (bicyclic) bond motifs is 1. The van der Waals surface area contributed by atoms with E-state index in [-0.39, 0.29) is 11.9 Å². The van der Waals surface area contributed by atoms with Crippen LogP contribution in [0.3, 0.4) is 0 Å². The fourth-order valence-electron chi connectivity index (χ4n) is 3.91. The average molecular weight is 431 g/mol. The summed E-state index contributed by atoms with van der Waals surface area (Å²) in [6, 6.07) is 17.1. The van der Waals surface area contributed by atoms with E-state index in [0.717, 1.165) is 22.0 Å². The molecule has 0 fully saturated rings. The summed E-state index contributed by atoms with van der Waals surface area (Å²) in [4.78, 5) is 17.1. The van der Waals surface area contributed by atoms with E-state index in [1.165, 1.54) is 0 Å². The van der Waals surface area contributed by atoms with Crippen molar-refractivity contribution in [1.82, 2.24) is 14.9 Å². The molecular formula is C25H26N4O3. The largest absolute Gasteiger partial charge is 0.497 e. The van der Waals surface area contributed by atoms with Crippen molar-refractivity contribution >= 4 is 22.6 Å². The molecule has 0 saturated heterocycles. The summed E-state index contributed by atoms with van der Waals surface area (Å²) in [6.45, 7) is 0.401. The Labute approximate surface area is 187 Å². The summed E-state index contributed by atoms with van der Waals surface area (Å²) < 4.78 is 12.7. The van der Waals surface area contributed by atoms with Gasteiger partial charge in [0.25, 0.3) is 0 Å². The van der Waals surface area contributed by atoms with Gasteiger partial charge in [0.15, 0.2) is 0 Å². The third-order valence-electron chi connectivity index (χ3n) is 5.51. The predicted molar refractivity (Wildman–Crippen MR) is 126 cm³/mol. The topological polar surface area (TPSA) is 77.4 Å². The second-order valence-electron chi connectivity index (χ2n) is 7.45. The number of carbonyl (C=O) groups is 1. The monoisotopic (exact) mass is 430 g/mol. The molecule has 0 bridgehead atoms. The van der Waals surface area contributed by atoms with E-state index in [9.17, 15) is 4.79 Å². The van der Waals surface area contributed by atoms with Gasteiger partial charge in [-0.25, -0.2) is 4.79 Å². The number of urea groups is 1. The smallest absolute Gasteiger partial charge is 0.319 e. The Kier molecular flexibility index (Phi) is 6.26. The number of hydrogen-bond donors (Lipinski definition) is 2. The number of ether oxygens (including phenoxy) is 2. The van der Waals surface area contributed by atoms with Crippen LogP contribution in [0.5, 0.6) is 11.5 Å². The molecule has 2 heterocycles. The summed E-state index contributed by atoms with van der Waals surface area (Å²) in [6.07, 6.45) is 5.71. The molecule has 7 heteroatoms. The number of benzene rings is 2. The highest BCUT2D eigenvalue weighted by molar-refractivity contribution is 5.91. The van der Waals surface area contributed by atoms with E-state index in [1.807, 2.05) is 37.5 Å². The summed E-state index contributed by atoms with van der Waals surface area (Å²) in [5.41, 5.74) is 3.84. The fraction of sp³-hybridized carbons (Fsp3) is 0.200. The number of rotatable bonds is 7. The fourth-order valence-corrected chi connectivity index (χ4v) is 3.91. The summed E-state index contributed by atoms with van der Waals surface area (Å²) in [7, 11) is 5.17. The molecule has 0 aliphatic heterocycles. The Morgan fingerprint density at radius 1 is 1.09 bits per heavy atom. The number of carbonyl (C=O) groups excluding carboxylic acids is 1. The van der Waals surface area contributed by atoms with E-state index >= 15 is 0 Å². The molecule has 0 spiro atoms. The van der Waals surface area contributed by atoms with Gasteiger partial charge in [0, 0.05) is 55.1 Å². The number of amides is 2. The zero-order valence-electron chi connectivity index (χ0n) is 18.3. The molecule has 0 saturated carbocycles. The van der Waals surface area contributed by atoms with Gasteiger partial charge in [-0.15, -0.1) is 0 Å². The van der Waals surface area contributed by atoms with Crippen LogP contribution in [0.4, 0.5) is 10.5 Å². The highest BCUT2D eigenvalue weighted by Crippen LogP contribution is 2.32. The number of nitrogens with one attached hydrogen (secondary N) is 2. The lowest BCUT2D eigenvalue weighted by Gasteiger charge is -2.19. The van der Waals surface area contributed by atoms with Crippen LogP contribution in [0, 0.1) is 0 Å². The maximum Gasteiger partial charge on any atom is 0.319 e. The van der Waals surface area contributed by atoms with Crippen LogP contribution in [-0.2, 0) is 7.05 Å². The first-order chi connectivity index (χ1) is 15.6. The maximum atomic E-state index is 12.8. The molecule has 2 amide bonds. The van der Waals surface area contributed by atoms with Gasteiger partial charge < -0.3 is 24.7 Å². The van der Waals surface area contributed by atoms with E-state index in [0.29, 0.717) is 23.7 Å². The predicted octanol–water partition coefficient (Wildman–Crippen LogP) is 4.54. The van der Waals surface area contributed by atoms with Crippen molar-refractivity contribution in [2.24, 2.45) is 7.05 Å². The van der Waals surface area contributed by atoms with Gasteiger partial charge in [-0.3, -0.25) is 4.98 Å². The molecular weight excluding hydrogens is 404 g/mol. The van der Waals surface area contributed by atoms with Crippen molar-refractivity contribution in [3.05, 3.63) is 84.3 Å². The average Bonchev–Trinajstić information content (AvgIpc) is 3.16. The quantitative estimate of drug-likeness (QED) is 0.451. The molecule has 2 aromatic carbocycles. The number of anilines is 1. The van der Waals surface area contributed by atoms with Gasteiger partial charge >= 0.3 is 6.03 Å². The van der Waals surface area contributed by atoms with Gasteiger partial charge in [0.2, 0.25) is 0 Å². The van der Waals surface area contributed by atoms with Crippen molar-refractivity contribution < 1.29 is 14.3 Å². The minimum absolute atomic E-state index is 0.0623. The van der Waals surface area contributed by atoms with Gasteiger partial charge in [-0.05, 0) is 35.4 Å². The second kappa shape index (κ2) is 9.43. The molecule has 0 unspecified atom stereocenters. The lowest BCUT2D eigenvalue weighted by molar-refractivity contribution is 0.251. The lowest BCUT2D eigenvalue weighted by Crippen LogP contribution is -2.32. The van der Waals surface area contributed by atoms with E-state index < -0.39 is 0 Å². The number of pyridine rings is 1. The molecule has 0 radical (unpaired) electrons. The number of para-hydroxylation sites is 1. The minimum atomic E-state index is -0.328. The Morgan fingerprint density at radius 3 is 2.69 bits per heavy atom. The zero-order chi connectivity index (χ0) is 22.5. The highest BCUT2D eigenvalue weighted by Gasteiger charge is 2.20. The summed E-state index contributed by atoms with van der Waals surface area (Å²) >= 11 is 0. The number of aromatic nitrogens is 2. The van der Waals surface area contributed by atoms with Crippen molar-refractivity contribution in [1.29, 1.82) is 0 Å². The second-order valence-corrected chi connectivity index (χ2v) is 7.45. The van der Waals surface area contributed by atoms with Gasteiger partial charge in [-0.1, -0.05) is 24.3 Å².